The number of likely N-dealkylation sites (tertiary alicyclic amines) is 1. The summed E-state index contributed by atoms with van der Waals surface area (Å²) in [5.74, 6) is 0. The molecular weight excluding hydrogens is 216 g/mol. The highest BCUT2D eigenvalue weighted by atomic mass is 32.1. The molecule has 2 unspecified atom stereocenters. The Morgan fingerprint density at radius 2 is 2.25 bits per heavy atom. The smallest absolute Gasteiger partial charge is 0.0593 e. The molecule has 1 saturated heterocycles. The van der Waals surface area contributed by atoms with E-state index < -0.39 is 0 Å². The number of thiophene rings is 1. The zero-order chi connectivity index (χ0) is 11.5. The second kappa shape index (κ2) is 5.30. The van der Waals surface area contributed by atoms with Gasteiger partial charge in [0.05, 0.1) is 6.04 Å². The van der Waals surface area contributed by atoms with Gasteiger partial charge in [0.15, 0.2) is 0 Å². The van der Waals surface area contributed by atoms with Gasteiger partial charge in [0.1, 0.15) is 0 Å². The lowest BCUT2D eigenvalue weighted by molar-refractivity contribution is 0.138. The fraction of sp³-hybridized carbons (Fsp3) is 0.692. The summed E-state index contributed by atoms with van der Waals surface area (Å²) in [5.41, 5.74) is 6.29. The van der Waals surface area contributed by atoms with E-state index >= 15 is 0 Å². The van der Waals surface area contributed by atoms with E-state index in [4.69, 9.17) is 5.73 Å². The third kappa shape index (κ3) is 2.31. The van der Waals surface area contributed by atoms with E-state index in [1.165, 1.54) is 29.1 Å². The second-order valence-corrected chi connectivity index (χ2v) is 5.74. The van der Waals surface area contributed by atoms with Gasteiger partial charge >= 0.3 is 0 Å². The molecule has 1 aromatic rings. The standard InChI is InChI=1S/C13H22N2S/c1-3-10-7-8-12(16-10)13-11(14)6-5-9-15(13)4-2/h7-8,11,13H,3-6,9,14H2,1-2H3. The maximum atomic E-state index is 6.29. The summed E-state index contributed by atoms with van der Waals surface area (Å²) >= 11 is 1.94. The van der Waals surface area contributed by atoms with Crippen LogP contribution in [-0.2, 0) is 6.42 Å². The molecule has 3 heteroatoms. The summed E-state index contributed by atoms with van der Waals surface area (Å²) in [5, 5.41) is 0. The van der Waals surface area contributed by atoms with Gasteiger partial charge in [0, 0.05) is 15.8 Å². The second-order valence-electron chi connectivity index (χ2n) is 4.54. The SMILES string of the molecule is CCc1ccc(C2C(N)CCCN2CC)s1. The Bertz CT molecular complexity index is 334. The van der Waals surface area contributed by atoms with Crippen LogP contribution in [-0.4, -0.2) is 24.0 Å². The van der Waals surface area contributed by atoms with Gasteiger partial charge in [-0.15, -0.1) is 11.3 Å². The highest BCUT2D eigenvalue weighted by Crippen LogP contribution is 2.34. The number of rotatable bonds is 3. The first-order valence-electron chi connectivity index (χ1n) is 6.34. The van der Waals surface area contributed by atoms with Crippen LogP contribution in [0.3, 0.4) is 0 Å². The van der Waals surface area contributed by atoms with Gasteiger partial charge in [-0.3, -0.25) is 4.90 Å². The van der Waals surface area contributed by atoms with Crippen molar-refractivity contribution in [2.45, 2.75) is 45.2 Å². The molecule has 1 aromatic heterocycles. The van der Waals surface area contributed by atoms with Gasteiger partial charge in [0.2, 0.25) is 0 Å². The zero-order valence-electron chi connectivity index (χ0n) is 10.3. The maximum absolute atomic E-state index is 6.29. The summed E-state index contributed by atoms with van der Waals surface area (Å²) < 4.78 is 0. The van der Waals surface area contributed by atoms with E-state index in [1.54, 1.807) is 0 Å². The fourth-order valence-corrected chi connectivity index (χ4v) is 3.75. The van der Waals surface area contributed by atoms with Crippen LogP contribution < -0.4 is 5.73 Å². The molecule has 2 nitrogen and oxygen atoms in total. The summed E-state index contributed by atoms with van der Waals surface area (Å²) in [6.45, 7) is 6.76. The first-order chi connectivity index (χ1) is 7.76. The molecule has 0 saturated carbocycles. The Morgan fingerprint density at radius 1 is 1.44 bits per heavy atom. The number of aryl methyl sites for hydroxylation is 1. The molecule has 2 heterocycles. The topological polar surface area (TPSA) is 29.3 Å². The van der Waals surface area contributed by atoms with Crippen LogP contribution in [0.5, 0.6) is 0 Å². The molecule has 0 aromatic carbocycles. The minimum Gasteiger partial charge on any atom is -0.326 e. The lowest BCUT2D eigenvalue weighted by Crippen LogP contribution is -2.45. The number of hydrogen-bond donors (Lipinski definition) is 1. The highest BCUT2D eigenvalue weighted by molar-refractivity contribution is 7.12. The molecule has 90 valence electrons. The maximum Gasteiger partial charge on any atom is 0.0593 e. The van der Waals surface area contributed by atoms with Crippen LogP contribution in [0.2, 0.25) is 0 Å². The summed E-state index contributed by atoms with van der Waals surface area (Å²) in [6.07, 6.45) is 3.55. The van der Waals surface area contributed by atoms with Crippen molar-refractivity contribution in [3.63, 3.8) is 0 Å². The van der Waals surface area contributed by atoms with Gasteiger partial charge in [-0.1, -0.05) is 13.8 Å². The summed E-state index contributed by atoms with van der Waals surface area (Å²) in [7, 11) is 0. The van der Waals surface area contributed by atoms with Crippen molar-refractivity contribution in [3.8, 4) is 0 Å². The minimum atomic E-state index is 0.317. The third-order valence-electron chi connectivity index (χ3n) is 3.51. The molecule has 0 radical (unpaired) electrons. The van der Waals surface area contributed by atoms with Crippen molar-refractivity contribution in [1.82, 2.24) is 4.90 Å². The number of nitrogens with zero attached hydrogens (tertiary/aromatic N) is 1. The fourth-order valence-electron chi connectivity index (χ4n) is 2.59. The molecule has 0 amide bonds. The van der Waals surface area contributed by atoms with E-state index in [0.29, 0.717) is 12.1 Å². The van der Waals surface area contributed by atoms with Gasteiger partial charge in [-0.2, -0.15) is 0 Å². The average Bonchev–Trinajstić information content (AvgIpc) is 2.76. The van der Waals surface area contributed by atoms with Crippen molar-refractivity contribution in [3.05, 3.63) is 21.9 Å². The molecule has 0 spiro atoms. The van der Waals surface area contributed by atoms with Crippen molar-refractivity contribution in [2.75, 3.05) is 13.1 Å². The Morgan fingerprint density at radius 3 is 2.88 bits per heavy atom. The monoisotopic (exact) mass is 238 g/mol. The predicted octanol–water partition coefficient (Wildman–Crippen LogP) is 2.79. The van der Waals surface area contributed by atoms with Gasteiger partial charge in [-0.25, -0.2) is 0 Å². The Labute approximate surface area is 102 Å². The van der Waals surface area contributed by atoms with Crippen LogP contribution in [0.4, 0.5) is 0 Å². The Kier molecular flexibility index (Phi) is 4.00. The van der Waals surface area contributed by atoms with E-state index in [-0.39, 0.29) is 0 Å². The molecule has 1 aliphatic rings. The van der Waals surface area contributed by atoms with E-state index in [0.717, 1.165) is 13.0 Å². The highest BCUT2D eigenvalue weighted by Gasteiger charge is 2.30. The summed E-state index contributed by atoms with van der Waals surface area (Å²) in [6, 6.07) is 5.32. The third-order valence-corrected chi connectivity index (χ3v) is 4.81. The quantitative estimate of drug-likeness (QED) is 0.877. The minimum absolute atomic E-state index is 0.317. The van der Waals surface area contributed by atoms with Crippen molar-refractivity contribution in [1.29, 1.82) is 0 Å². The molecule has 1 fully saturated rings. The molecular formula is C13H22N2S. The molecule has 1 aliphatic heterocycles. The first-order valence-corrected chi connectivity index (χ1v) is 7.16. The van der Waals surface area contributed by atoms with Crippen LogP contribution in [0.1, 0.15) is 42.5 Å². The van der Waals surface area contributed by atoms with Crippen LogP contribution in [0.25, 0.3) is 0 Å². The van der Waals surface area contributed by atoms with Crippen LogP contribution in [0.15, 0.2) is 12.1 Å². The Balaban J connectivity index is 2.20. The average molecular weight is 238 g/mol. The molecule has 2 rings (SSSR count). The number of likely N-dealkylation sites (N-methyl/N-ethyl adjacent to an activating group) is 1. The number of piperidine rings is 1. The van der Waals surface area contributed by atoms with E-state index in [1.807, 2.05) is 11.3 Å². The molecule has 0 aliphatic carbocycles. The Hall–Kier alpha value is -0.380. The van der Waals surface area contributed by atoms with Gasteiger partial charge in [0.25, 0.3) is 0 Å². The molecule has 16 heavy (non-hydrogen) atoms. The zero-order valence-corrected chi connectivity index (χ0v) is 11.1. The largest absolute Gasteiger partial charge is 0.326 e. The van der Waals surface area contributed by atoms with Crippen molar-refractivity contribution < 1.29 is 0 Å². The number of nitrogens with two attached hydrogens (primary N) is 1. The van der Waals surface area contributed by atoms with Crippen LogP contribution in [0, 0.1) is 0 Å². The normalized spacial score (nSPS) is 27.2. The van der Waals surface area contributed by atoms with Crippen LogP contribution >= 0.6 is 11.3 Å². The molecule has 2 atom stereocenters. The lowest BCUT2D eigenvalue weighted by Gasteiger charge is -2.38. The number of hydrogen-bond acceptors (Lipinski definition) is 3. The van der Waals surface area contributed by atoms with E-state index in [2.05, 4.69) is 30.9 Å². The van der Waals surface area contributed by atoms with Gasteiger partial charge < -0.3 is 5.73 Å². The molecule has 2 N–H and O–H groups in total. The van der Waals surface area contributed by atoms with Gasteiger partial charge in [-0.05, 0) is 44.5 Å². The summed E-state index contributed by atoms with van der Waals surface area (Å²) in [4.78, 5) is 5.47. The lowest BCUT2D eigenvalue weighted by atomic mass is 9.96. The van der Waals surface area contributed by atoms with Crippen molar-refractivity contribution >= 4 is 11.3 Å². The predicted molar refractivity (Wildman–Crippen MR) is 70.9 cm³/mol. The van der Waals surface area contributed by atoms with E-state index in [9.17, 15) is 0 Å². The van der Waals surface area contributed by atoms with Crippen molar-refractivity contribution in [2.24, 2.45) is 5.73 Å². The molecule has 0 bridgehead atoms. The first kappa shape index (κ1) is 12.1.